The van der Waals surface area contributed by atoms with Crippen LogP contribution in [0, 0.1) is 17.5 Å². The number of hydrogen-bond acceptors (Lipinski definition) is 5. The van der Waals surface area contributed by atoms with E-state index in [0.717, 1.165) is 12.1 Å². The van der Waals surface area contributed by atoms with Gasteiger partial charge in [0.25, 0.3) is 0 Å². The number of nitrogens with zero attached hydrogens (tertiary/aromatic N) is 1. The molecule has 0 aliphatic carbocycles. The molecule has 0 fully saturated rings. The van der Waals surface area contributed by atoms with Crippen molar-refractivity contribution < 1.29 is 22.8 Å². The molecule has 2 aromatic carbocycles. The van der Waals surface area contributed by atoms with Crippen LogP contribution in [0.4, 0.5) is 18.9 Å². The number of thioether (sulfide) groups is 1. The maximum Gasteiger partial charge on any atom is 0.234 e. The van der Waals surface area contributed by atoms with E-state index in [-0.39, 0.29) is 41.9 Å². The quantitative estimate of drug-likeness (QED) is 0.505. The fourth-order valence-corrected chi connectivity index (χ4v) is 4.02. The minimum Gasteiger partial charge on any atom is -0.352 e. The highest BCUT2D eigenvalue weighted by molar-refractivity contribution is 8.01. The molecule has 0 spiro atoms. The molecule has 0 atom stereocenters. The van der Waals surface area contributed by atoms with Gasteiger partial charge in [-0.25, -0.2) is 18.2 Å². The average Bonchev–Trinajstić information content (AvgIpc) is 3.15. The zero-order chi connectivity index (χ0) is 21.5. The maximum atomic E-state index is 13.6. The molecule has 0 radical (unpaired) electrons. The Labute approximate surface area is 178 Å². The molecular weight excluding hydrogens is 435 g/mol. The van der Waals surface area contributed by atoms with Crippen molar-refractivity contribution in [3.8, 4) is 0 Å². The molecule has 0 aliphatic rings. The number of amides is 2. The first-order chi connectivity index (χ1) is 14.4. The number of carbonyl (C=O) groups is 2. The monoisotopic (exact) mass is 451 g/mol. The van der Waals surface area contributed by atoms with E-state index in [9.17, 15) is 22.8 Å². The van der Waals surface area contributed by atoms with Gasteiger partial charge in [0.05, 0.1) is 17.9 Å². The van der Waals surface area contributed by atoms with Gasteiger partial charge in [-0.05, 0) is 30.3 Å². The predicted molar refractivity (Wildman–Crippen MR) is 110 cm³/mol. The number of halogens is 3. The Bertz CT molecular complexity index is 1040. The Morgan fingerprint density at radius 1 is 1.00 bits per heavy atom. The Balaban J connectivity index is 1.43. The number of thiazole rings is 1. The molecule has 5 nitrogen and oxygen atoms in total. The molecule has 0 saturated heterocycles. The molecule has 0 unspecified atom stereocenters. The summed E-state index contributed by atoms with van der Waals surface area (Å²) < 4.78 is 40.0. The summed E-state index contributed by atoms with van der Waals surface area (Å²) in [6.07, 6.45) is 0.00164. The molecule has 30 heavy (non-hydrogen) atoms. The summed E-state index contributed by atoms with van der Waals surface area (Å²) in [5.41, 5.74) is 1.21. The Hall–Kier alpha value is -2.85. The van der Waals surface area contributed by atoms with Gasteiger partial charge in [-0.2, -0.15) is 0 Å². The summed E-state index contributed by atoms with van der Waals surface area (Å²) in [5, 5.41) is 6.92. The molecule has 0 aliphatic heterocycles. The fraction of sp³-hybridized carbons (Fsp3) is 0.150. The lowest BCUT2D eigenvalue weighted by Crippen LogP contribution is -2.25. The van der Waals surface area contributed by atoms with E-state index in [2.05, 4.69) is 15.6 Å². The lowest BCUT2D eigenvalue weighted by atomic mass is 10.2. The average molecular weight is 451 g/mol. The highest BCUT2D eigenvalue weighted by atomic mass is 32.2. The van der Waals surface area contributed by atoms with Gasteiger partial charge in [0.1, 0.15) is 17.5 Å². The normalized spacial score (nSPS) is 10.6. The van der Waals surface area contributed by atoms with Gasteiger partial charge in [0, 0.05) is 29.2 Å². The summed E-state index contributed by atoms with van der Waals surface area (Å²) in [5.74, 6) is -2.29. The van der Waals surface area contributed by atoms with Gasteiger partial charge in [-0.15, -0.1) is 11.3 Å². The molecule has 2 N–H and O–H groups in total. The fourth-order valence-electron chi connectivity index (χ4n) is 2.38. The zero-order valence-electron chi connectivity index (χ0n) is 15.5. The first kappa shape index (κ1) is 21.8. The minimum atomic E-state index is -0.721. The van der Waals surface area contributed by atoms with Crippen molar-refractivity contribution in [1.82, 2.24) is 10.3 Å². The number of nitrogens with one attached hydrogen (secondary N) is 2. The van der Waals surface area contributed by atoms with Gasteiger partial charge >= 0.3 is 0 Å². The smallest absolute Gasteiger partial charge is 0.234 e. The molecule has 2 amide bonds. The van der Waals surface area contributed by atoms with E-state index in [1.165, 1.54) is 53.4 Å². The van der Waals surface area contributed by atoms with E-state index in [1.54, 1.807) is 5.38 Å². The van der Waals surface area contributed by atoms with E-state index >= 15 is 0 Å². The lowest BCUT2D eigenvalue weighted by Gasteiger charge is -2.05. The van der Waals surface area contributed by atoms with Crippen LogP contribution in [0.2, 0.25) is 0 Å². The van der Waals surface area contributed by atoms with Crippen LogP contribution in [0.15, 0.2) is 52.2 Å². The van der Waals surface area contributed by atoms with Crippen molar-refractivity contribution >= 4 is 40.6 Å². The third-order valence-electron chi connectivity index (χ3n) is 3.82. The summed E-state index contributed by atoms with van der Waals surface area (Å²) in [7, 11) is 0. The molecular formula is C20H16F3N3O2S2. The van der Waals surface area contributed by atoms with Crippen molar-refractivity contribution in [2.75, 3.05) is 11.1 Å². The highest BCUT2D eigenvalue weighted by Gasteiger charge is 2.11. The SMILES string of the molecule is O=C(Cc1csc(SCC(=O)Nc2ccc(F)cc2)n1)NCc1ccc(F)cc1F. The predicted octanol–water partition coefficient (Wildman–Crippen LogP) is 4.15. The van der Waals surface area contributed by atoms with Crippen molar-refractivity contribution in [2.45, 2.75) is 17.3 Å². The van der Waals surface area contributed by atoms with Crippen molar-refractivity contribution in [1.29, 1.82) is 0 Å². The number of rotatable bonds is 8. The second kappa shape index (κ2) is 10.3. The molecule has 1 aromatic heterocycles. The minimum absolute atomic E-state index is 0.00164. The summed E-state index contributed by atoms with van der Waals surface area (Å²) >= 11 is 2.52. The molecule has 156 valence electrons. The zero-order valence-corrected chi connectivity index (χ0v) is 17.1. The van der Waals surface area contributed by atoms with Crippen LogP contribution in [0.5, 0.6) is 0 Å². The van der Waals surface area contributed by atoms with Crippen molar-refractivity contribution in [3.05, 3.63) is 76.6 Å². The Morgan fingerprint density at radius 2 is 1.73 bits per heavy atom. The van der Waals surface area contributed by atoms with Gasteiger partial charge in [-0.3, -0.25) is 9.59 Å². The van der Waals surface area contributed by atoms with E-state index in [1.807, 2.05) is 0 Å². The van der Waals surface area contributed by atoms with Crippen LogP contribution < -0.4 is 10.6 Å². The molecule has 3 rings (SSSR count). The highest BCUT2D eigenvalue weighted by Crippen LogP contribution is 2.23. The third-order valence-corrected chi connectivity index (χ3v) is 5.89. The standard InChI is InChI=1S/C20H16F3N3O2S2/c21-13-3-5-15(6-4-13)25-19(28)11-30-20-26-16(10-29-20)8-18(27)24-9-12-1-2-14(22)7-17(12)23/h1-7,10H,8-9,11H2,(H,24,27)(H,25,28). The number of aromatic nitrogens is 1. The second-order valence-corrected chi connectivity index (χ2v) is 8.22. The number of carbonyl (C=O) groups excluding carboxylic acids is 2. The van der Waals surface area contributed by atoms with Gasteiger partial charge in [0.15, 0.2) is 4.34 Å². The van der Waals surface area contributed by atoms with E-state index in [4.69, 9.17) is 0 Å². The third kappa shape index (κ3) is 6.60. The second-order valence-electron chi connectivity index (χ2n) is 6.14. The molecule has 3 aromatic rings. The molecule has 0 saturated carbocycles. The first-order valence-electron chi connectivity index (χ1n) is 8.72. The molecule has 10 heteroatoms. The van der Waals surface area contributed by atoms with Gasteiger partial charge in [0.2, 0.25) is 11.8 Å². The maximum absolute atomic E-state index is 13.6. The summed E-state index contributed by atoms with van der Waals surface area (Å²) in [6.45, 7) is -0.0553. The first-order valence-corrected chi connectivity index (χ1v) is 10.6. The summed E-state index contributed by atoms with van der Waals surface area (Å²) in [4.78, 5) is 28.3. The van der Waals surface area contributed by atoms with Gasteiger partial charge < -0.3 is 10.6 Å². The van der Waals surface area contributed by atoms with Crippen molar-refractivity contribution in [2.24, 2.45) is 0 Å². The number of hydrogen-bond donors (Lipinski definition) is 2. The van der Waals surface area contributed by atoms with Crippen LogP contribution in [0.25, 0.3) is 0 Å². The van der Waals surface area contributed by atoms with Crippen LogP contribution >= 0.6 is 23.1 Å². The van der Waals surface area contributed by atoms with Crippen LogP contribution in [-0.4, -0.2) is 22.6 Å². The van der Waals surface area contributed by atoms with Crippen LogP contribution in [-0.2, 0) is 22.6 Å². The Kier molecular flexibility index (Phi) is 7.47. The summed E-state index contributed by atoms with van der Waals surface area (Å²) in [6, 6.07) is 8.61. The number of anilines is 1. The largest absolute Gasteiger partial charge is 0.352 e. The molecule has 1 heterocycles. The Morgan fingerprint density at radius 3 is 2.47 bits per heavy atom. The lowest BCUT2D eigenvalue weighted by molar-refractivity contribution is -0.120. The topological polar surface area (TPSA) is 71.1 Å². The molecule has 0 bridgehead atoms. The van der Waals surface area contributed by atoms with E-state index in [0.29, 0.717) is 15.7 Å². The van der Waals surface area contributed by atoms with Crippen molar-refractivity contribution in [3.63, 3.8) is 0 Å². The van der Waals surface area contributed by atoms with E-state index < -0.39 is 11.6 Å². The van der Waals surface area contributed by atoms with Gasteiger partial charge in [-0.1, -0.05) is 17.8 Å². The van der Waals surface area contributed by atoms with Crippen LogP contribution in [0.1, 0.15) is 11.3 Å². The van der Waals surface area contributed by atoms with Crippen LogP contribution in [0.3, 0.4) is 0 Å². The number of benzene rings is 2.